The second-order valence-corrected chi connectivity index (χ2v) is 6.11. The number of carbonyl (C=O) groups is 2. The van der Waals surface area contributed by atoms with Crippen molar-refractivity contribution in [1.29, 1.82) is 0 Å². The van der Waals surface area contributed by atoms with Gasteiger partial charge in [-0.15, -0.1) is 0 Å². The van der Waals surface area contributed by atoms with Crippen molar-refractivity contribution in [2.45, 2.75) is 90.4 Å². The summed E-state index contributed by atoms with van der Waals surface area (Å²) in [6.45, 7) is 2.20. The van der Waals surface area contributed by atoms with E-state index >= 15 is 0 Å². The molecule has 0 aromatic heterocycles. The maximum Gasteiger partial charge on any atom is 0.327 e. The molecule has 0 saturated carbocycles. The summed E-state index contributed by atoms with van der Waals surface area (Å²) in [7, 11) is 0. The van der Waals surface area contributed by atoms with Gasteiger partial charge in [-0.3, -0.25) is 4.79 Å². The molecule has 0 fully saturated rings. The molecule has 0 radical (unpaired) electrons. The summed E-state index contributed by atoms with van der Waals surface area (Å²) in [6.07, 6.45) is 20.8. The Balaban J connectivity index is 3.30. The Bertz CT molecular complexity index is 356. The highest BCUT2D eigenvalue weighted by atomic mass is 16.4. The molecule has 0 aliphatic heterocycles. The van der Waals surface area contributed by atoms with E-state index in [0.29, 0.717) is 18.6 Å². The van der Waals surface area contributed by atoms with Crippen LogP contribution >= 0.6 is 0 Å². The minimum absolute atomic E-state index is 0.357. The van der Waals surface area contributed by atoms with Gasteiger partial charge >= 0.3 is 5.97 Å². The summed E-state index contributed by atoms with van der Waals surface area (Å²) in [4.78, 5) is 22.0. The average Bonchev–Trinajstić information content (AvgIpc) is 2.52. The number of carboxylic acid groups (broad SMARTS) is 1. The maximum atomic E-state index is 11.7. The average molecular weight is 322 g/mol. The number of Topliss-reactive ketones (excluding diaryl/α,β-unsaturated/α-hetero) is 1. The minimum Gasteiger partial charge on any atom is -0.478 e. The molecule has 0 aromatic carbocycles. The van der Waals surface area contributed by atoms with Crippen molar-refractivity contribution < 1.29 is 14.7 Å². The fourth-order valence-electron chi connectivity index (χ4n) is 2.42. The minimum atomic E-state index is -0.870. The molecule has 0 saturated heterocycles. The molecule has 0 spiro atoms. The third-order valence-corrected chi connectivity index (χ3v) is 3.82. The molecule has 132 valence electrons. The van der Waals surface area contributed by atoms with Crippen LogP contribution in [0.2, 0.25) is 0 Å². The van der Waals surface area contributed by atoms with Crippen LogP contribution in [0.1, 0.15) is 90.4 Å². The van der Waals surface area contributed by atoms with Crippen LogP contribution in [-0.2, 0) is 9.59 Å². The fourth-order valence-corrected chi connectivity index (χ4v) is 2.42. The lowest BCUT2D eigenvalue weighted by Gasteiger charge is -2.00. The SMILES string of the molecule is CCCCCC=CCC(=O)CCCCCCCC/C=C\C(=O)O. The number of carbonyl (C=O) groups excluding carboxylic acids is 1. The highest BCUT2D eigenvalue weighted by Gasteiger charge is 1.99. The van der Waals surface area contributed by atoms with E-state index in [1.165, 1.54) is 38.2 Å². The Kier molecular flexibility index (Phi) is 16.0. The molecule has 0 heterocycles. The maximum absolute atomic E-state index is 11.7. The lowest BCUT2D eigenvalue weighted by Crippen LogP contribution is -1.95. The van der Waals surface area contributed by atoms with Gasteiger partial charge in [0, 0.05) is 18.9 Å². The van der Waals surface area contributed by atoms with Crippen LogP contribution in [0.3, 0.4) is 0 Å². The zero-order valence-electron chi connectivity index (χ0n) is 14.8. The lowest BCUT2D eigenvalue weighted by atomic mass is 10.1. The van der Waals surface area contributed by atoms with Crippen LogP contribution in [-0.4, -0.2) is 16.9 Å². The van der Waals surface area contributed by atoms with Gasteiger partial charge in [-0.25, -0.2) is 4.79 Å². The van der Waals surface area contributed by atoms with Gasteiger partial charge in [-0.05, 0) is 32.1 Å². The van der Waals surface area contributed by atoms with Gasteiger partial charge < -0.3 is 5.11 Å². The number of ketones is 1. The summed E-state index contributed by atoms with van der Waals surface area (Å²) in [5.74, 6) is -0.513. The predicted molar refractivity (Wildman–Crippen MR) is 96.6 cm³/mol. The van der Waals surface area contributed by atoms with Gasteiger partial charge in [0.25, 0.3) is 0 Å². The van der Waals surface area contributed by atoms with Gasteiger partial charge in [0.05, 0.1) is 0 Å². The van der Waals surface area contributed by atoms with E-state index < -0.39 is 5.97 Å². The molecule has 0 amide bonds. The van der Waals surface area contributed by atoms with Crippen molar-refractivity contribution >= 4 is 11.8 Å². The highest BCUT2D eigenvalue weighted by Crippen LogP contribution is 2.10. The molecule has 0 unspecified atom stereocenters. The van der Waals surface area contributed by atoms with E-state index in [4.69, 9.17) is 5.11 Å². The van der Waals surface area contributed by atoms with Crippen molar-refractivity contribution in [2.24, 2.45) is 0 Å². The first-order chi connectivity index (χ1) is 11.2. The summed E-state index contributed by atoms with van der Waals surface area (Å²) in [5.41, 5.74) is 0. The van der Waals surface area contributed by atoms with Crippen molar-refractivity contribution in [3.05, 3.63) is 24.3 Å². The molecule has 23 heavy (non-hydrogen) atoms. The number of allylic oxidation sites excluding steroid dienone is 3. The topological polar surface area (TPSA) is 54.4 Å². The van der Waals surface area contributed by atoms with E-state index in [1.54, 1.807) is 6.08 Å². The number of carboxylic acids is 1. The lowest BCUT2D eigenvalue weighted by molar-refractivity contribution is -0.131. The van der Waals surface area contributed by atoms with E-state index in [1.807, 2.05) is 6.08 Å². The third-order valence-electron chi connectivity index (χ3n) is 3.82. The van der Waals surface area contributed by atoms with Crippen LogP contribution in [0.5, 0.6) is 0 Å². The summed E-state index contributed by atoms with van der Waals surface area (Å²) in [5, 5.41) is 8.44. The normalized spacial score (nSPS) is 11.5. The number of rotatable bonds is 16. The van der Waals surface area contributed by atoms with Crippen molar-refractivity contribution in [3.63, 3.8) is 0 Å². The smallest absolute Gasteiger partial charge is 0.327 e. The first-order valence-corrected chi connectivity index (χ1v) is 9.23. The zero-order valence-corrected chi connectivity index (χ0v) is 14.8. The first-order valence-electron chi connectivity index (χ1n) is 9.23. The Morgan fingerprint density at radius 3 is 2.09 bits per heavy atom. The second-order valence-electron chi connectivity index (χ2n) is 6.11. The molecule has 0 aromatic rings. The van der Waals surface area contributed by atoms with E-state index in [-0.39, 0.29) is 0 Å². The van der Waals surface area contributed by atoms with Crippen LogP contribution in [0, 0.1) is 0 Å². The predicted octanol–water partition coefficient (Wildman–Crippen LogP) is 5.84. The summed E-state index contributed by atoms with van der Waals surface area (Å²) in [6, 6.07) is 0. The van der Waals surface area contributed by atoms with Gasteiger partial charge in [-0.1, -0.05) is 63.7 Å². The molecule has 3 nitrogen and oxygen atoms in total. The van der Waals surface area contributed by atoms with Crippen molar-refractivity contribution in [1.82, 2.24) is 0 Å². The molecule has 0 aliphatic carbocycles. The Labute approximate surface area is 141 Å². The summed E-state index contributed by atoms with van der Waals surface area (Å²) < 4.78 is 0. The number of hydrogen-bond acceptors (Lipinski definition) is 2. The molecular weight excluding hydrogens is 288 g/mol. The quantitative estimate of drug-likeness (QED) is 0.220. The van der Waals surface area contributed by atoms with Crippen LogP contribution in [0.15, 0.2) is 24.3 Å². The van der Waals surface area contributed by atoms with Gasteiger partial charge in [0.2, 0.25) is 0 Å². The summed E-state index contributed by atoms with van der Waals surface area (Å²) >= 11 is 0. The van der Waals surface area contributed by atoms with Gasteiger partial charge in [0.15, 0.2) is 0 Å². The van der Waals surface area contributed by atoms with E-state index in [0.717, 1.165) is 38.5 Å². The number of unbranched alkanes of at least 4 members (excludes halogenated alkanes) is 9. The highest BCUT2D eigenvalue weighted by molar-refractivity contribution is 5.80. The van der Waals surface area contributed by atoms with Crippen LogP contribution in [0.25, 0.3) is 0 Å². The molecular formula is C20H34O3. The molecule has 1 N–H and O–H groups in total. The van der Waals surface area contributed by atoms with Crippen molar-refractivity contribution in [3.8, 4) is 0 Å². The molecule has 0 atom stereocenters. The Morgan fingerprint density at radius 1 is 0.783 bits per heavy atom. The molecule has 0 rings (SSSR count). The van der Waals surface area contributed by atoms with Gasteiger partial charge in [-0.2, -0.15) is 0 Å². The first kappa shape index (κ1) is 21.6. The Hall–Kier alpha value is -1.38. The largest absolute Gasteiger partial charge is 0.478 e. The molecule has 3 heteroatoms. The number of hydrogen-bond donors (Lipinski definition) is 1. The van der Waals surface area contributed by atoms with Crippen molar-refractivity contribution in [2.75, 3.05) is 0 Å². The monoisotopic (exact) mass is 322 g/mol. The van der Waals surface area contributed by atoms with Crippen LogP contribution < -0.4 is 0 Å². The van der Waals surface area contributed by atoms with Crippen LogP contribution in [0.4, 0.5) is 0 Å². The Morgan fingerprint density at radius 2 is 1.39 bits per heavy atom. The third kappa shape index (κ3) is 18.6. The zero-order chi connectivity index (χ0) is 17.2. The van der Waals surface area contributed by atoms with E-state index in [9.17, 15) is 9.59 Å². The molecule has 0 aliphatic rings. The molecule has 0 bridgehead atoms. The number of aliphatic carboxylic acids is 1. The van der Waals surface area contributed by atoms with Gasteiger partial charge in [0.1, 0.15) is 5.78 Å². The second kappa shape index (κ2) is 17.0. The fraction of sp³-hybridized carbons (Fsp3) is 0.700. The standard InChI is InChI=1S/C20H34O3/c1-2-3-4-5-10-13-16-19(21)17-14-11-8-6-7-9-12-15-18-20(22)23/h10,13,15,18H,2-9,11-12,14,16-17H2,1H3,(H,22,23)/b13-10?,18-15-. The van der Waals surface area contributed by atoms with E-state index in [2.05, 4.69) is 13.0 Å².